The maximum absolute atomic E-state index is 4.67. The van der Waals surface area contributed by atoms with E-state index >= 15 is 0 Å². The largest absolute Gasteiger partial charge is 0.357 e. The van der Waals surface area contributed by atoms with Gasteiger partial charge in [-0.2, -0.15) is 0 Å². The fourth-order valence-electron chi connectivity index (χ4n) is 2.29. The van der Waals surface area contributed by atoms with Crippen LogP contribution < -0.4 is 10.6 Å². The Hall–Kier alpha value is -1.14. The second-order valence-corrected chi connectivity index (χ2v) is 6.59. The fourth-order valence-corrected chi connectivity index (χ4v) is 3.15. The van der Waals surface area contributed by atoms with Crippen LogP contribution in [0.3, 0.4) is 0 Å². The number of thiazole rings is 1. The van der Waals surface area contributed by atoms with Gasteiger partial charge in [0.05, 0.1) is 17.2 Å². The molecule has 1 rings (SSSR count). The van der Waals surface area contributed by atoms with Crippen molar-refractivity contribution in [2.24, 2.45) is 4.99 Å². The molecule has 1 aromatic heterocycles. The highest BCUT2D eigenvalue weighted by atomic mass is 32.1. The molecule has 0 saturated heterocycles. The van der Waals surface area contributed by atoms with Crippen LogP contribution in [0.1, 0.15) is 42.8 Å². The fraction of sp³-hybridized carbons (Fsp3) is 0.750. The summed E-state index contributed by atoms with van der Waals surface area (Å²) in [7, 11) is 0. The predicted octanol–water partition coefficient (Wildman–Crippen LogP) is 2.55. The van der Waals surface area contributed by atoms with E-state index in [0.29, 0.717) is 6.54 Å². The molecule has 1 aromatic rings. The van der Waals surface area contributed by atoms with Crippen molar-refractivity contribution in [2.45, 2.75) is 47.6 Å². The van der Waals surface area contributed by atoms with E-state index in [2.05, 4.69) is 53.2 Å². The standard InChI is InChI=1S/C16H31N5S/c1-6-10-21(8-3)11-9-18-16(17-7-2)19-12-15-13(4)20-14(5)22-15/h6-12H2,1-5H3,(H2,17,18,19). The van der Waals surface area contributed by atoms with E-state index in [9.17, 15) is 0 Å². The van der Waals surface area contributed by atoms with Crippen LogP contribution in [-0.2, 0) is 6.54 Å². The summed E-state index contributed by atoms with van der Waals surface area (Å²) in [6, 6.07) is 0. The number of hydrogen-bond acceptors (Lipinski definition) is 4. The lowest BCUT2D eigenvalue weighted by atomic mass is 10.4. The Kier molecular flexibility index (Phi) is 9.08. The molecule has 5 nitrogen and oxygen atoms in total. The first-order valence-electron chi connectivity index (χ1n) is 8.28. The maximum atomic E-state index is 4.67. The molecule has 0 amide bonds. The van der Waals surface area contributed by atoms with Crippen LogP contribution >= 0.6 is 11.3 Å². The summed E-state index contributed by atoms with van der Waals surface area (Å²) >= 11 is 1.73. The molecular formula is C16H31N5S. The predicted molar refractivity (Wildman–Crippen MR) is 96.8 cm³/mol. The third kappa shape index (κ3) is 6.75. The van der Waals surface area contributed by atoms with Crippen LogP contribution in [0.4, 0.5) is 0 Å². The Balaban J connectivity index is 2.50. The number of hydrogen-bond donors (Lipinski definition) is 2. The quantitative estimate of drug-likeness (QED) is 0.541. The van der Waals surface area contributed by atoms with Gasteiger partial charge in [0.25, 0.3) is 0 Å². The van der Waals surface area contributed by atoms with Crippen LogP contribution in [0.2, 0.25) is 0 Å². The van der Waals surface area contributed by atoms with E-state index in [-0.39, 0.29) is 0 Å². The van der Waals surface area contributed by atoms with Gasteiger partial charge in [-0.25, -0.2) is 9.98 Å². The van der Waals surface area contributed by atoms with Gasteiger partial charge in [0, 0.05) is 24.5 Å². The van der Waals surface area contributed by atoms with Crippen molar-refractivity contribution in [2.75, 3.05) is 32.7 Å². The van der Waals surface area contributed by atoms with E-state index in [1.54, 1.807) is 11.3 Å². The summed E-state index contributed by atoms with van der Waals surface area (Å²) in [5.41, 5.74) is 1.10. The van der Waals surface area contributed by atoms with Gasteiger partial charge in [-0.3, -0.25) is 0 Å². The lowest BCUT2D eigenvalue weighted by Gasteiger charge is -2.20. The molecule has 22 heavy (non-hydrogen) atoms. The summed E-state index contributed by atoms with van der Waals surface area (Å²) in [6.07, 6.45) is 1.20. The molecule has 1 heterocycles. The molecule has 6 heteroatoms. The topological polar surface area (TPSA) is 52.5 Å². The molecule has 0 atom stereocenters. The molecule has 0 spiro atoms. The highest BCUT2D eigenvalue weighted by Gasteiger charge is 2.05. The van der Waals surface area contributed by atoms with E-state index < -0.39 is 0 Å². The van der Waals surface area contributed by atoms with Crippen molar-refractivity contribution in [3.63, 3.8) is 0 Å². The van der Waals surface area contributed by atoms with Gasteiger partial charge in [0.2, 0.25) is 0 Å². The highest BCUT2D eigenvalue weighted by molar-refractivity contribution is 7.11. The van der Waals surface area contributed by atoms with Crippen molar-refractivity contribution < 1.29 is 0 Å². The SMILES string of the molecule is CCCN(CC)CCNC(=NCc1sc(C)nc1C)NCC. The minimum atomic E-state index is 0.694. The summed E-state index contributed by atoms with van der Waals surface area (Å²) in [4.78, 5) is 12.8. The Morgan fingerprint density at radius 3 is 2.50 bits per heavy atom. The molecule has 0 saturated carbocycles. The Morgan fingerprint density at radius 1 is 1.18 bits per heavy atom. The average Bonchev–Trinajstić information content (AvgIpc) is 2.81. The van der Waals surface area contributed by atoms with Crippen LogP contribution in [0, 0.1) is 13.8 Å². The zero-order valence-corrected chi connectivity index (χ0v) is 15.5. The molecule has 0 unspecified atom stereocenters. The summed E-state index contributed by atoms with van der Waals surface area (Å²) < 4.78 is 0. The second kappa shape index (κ2) is 10.6. The molecule has 0 aromatic carbocycles. The smallest absolute Gasteiger partial charge is 0.191 e. The summed E-state index contributed by atoms with van der Waals surface area (Å²) in [5, 5.41) is 7.84. The number of likely N-dealkylation sites (N-methyl/N-ethyl adjacent to an activating group) is 1. The maximum Gasteiger partial charge on any atom is 0.191 e. The van der Waals surface area contributed by atoms with Crippen molar-refractivity contribution >= 4 is 17.3 Å². The Bertz CT molecular complexity index is 455. The Morgan fingerprint density at radius 2 is 1.95 bits per heavy atom. The number of guanidine groups is 1. The second-order valence-electron chi connectivity index (χ2n) is 5.30. The number of nitrogens with one attached hydrogen (secondary N) is 2. The lowest BCUT2D eigenvalue weighted by Crippen LogP contribution is -2.41. The van der Waals surface area contributed by atoms with Crippen LogP contribution in [0.5, 0.6) is 0 Å². The van der Waals surface area contributed by atoms with Crippen molar-refractivity contribution in [3.8, 4) is 0 Å². The lowest BCUT2D eigenvalue weighted by molar-refractivity contribution is 0.293. The molecule has 0 aliphatic heterocycles. The number of aryl methyl sites for hydroxylation is 2. The molecule has 0 fully saturated rings. The molecule has 2 N–H and O–H groups in total. The van der Waals surface area contributed by atoms with Gasteiger partial charge < -0.3 is 15.5 Å². The van der Waals surface area contributed by atoms with Crippen LogP contribution in [0.25, 0.3) is 0 Å². The zero-order valence-electron chi connectivity index (χ0n) is 14.7. The van der Waals surface area contributed by atoms with Gasteiger partial charge in [0.1, 0.15) is 0 Å². The molecule has 0 aliphatic carbocycles. The third-order valence-corrected chi connectivity index (χ3v) is 4.49. The van der Waals surface area contributed by atoms with E-state index in [4.69, 9.17) is 0 Å². The van der Waals surface area contributed by atoms with Crippen molar-refractivity contribution in [1.29, 1.82) is 0 Å². The number of nitrogens with zero attached hydrogens (tertiary/aromatic N) is 3. The van der Waals surface area contributed by atoms with Crippen LogP contribution in [0.15, 0.2) is 4.99 Å². The first-order valence-corrected chi connectivity index (χ1v) is 9.09. The van der Waals surface area contributed by atoms with Gasteiger partial charge in [-0.1, -0.05) is 13.8 Å². The minimum absolute atomic E-state index is 0.694. The van der Waals surface area contributed by atoms with E-state index in [1.807, 2.05) is 6.92 Å². The minimum Gasteiger partial charge on any atom is -0.357 e. The number of rotatable bonds is 9. The average molecular weight is 326 g/mol. The Labute approximate surface area is 139 Å². The van der Waals surface area contributed by atoms with E-state index in [1.165, 1.54) is 11.3 Å². The molecule has 126 valence electrons. The van der Waals surface area contributed by atoms with Crippen LogP contribution in [-0.4, -0.2) is 48.6 Å². The number of aliphatic imine (C=N–C) groups is 1. The monoisotopic (exact) mass is 325 g/mol. The highest BCUT2D eigenvalue weighted by Crippen LogP contribution is 2.17. The van der Waals surface area contributed by atoms with Gasteiger partial charge >= 0.3 is 0 Å². The number of aromatic nitrogens is 1. The molecular weight excluding hydrogens is 294 g/mol. The molecule has 0 radical (unpaired) electrons. The summed E-state index contributed by atoms with van der Waals surface area (Å²) in [5.74, 6) is 0.889. The zero-order chi connectivity index (χ0) is 16.4. The first kappa shape index (κ1) is 18.9. The first-order chi connectivity index (χ1) is 10.6. The summed E-state index contributed by atoms with van der Waals surface area (Å²) in [6.45, 7) is 16.4. The van der Waals surface area contributed by atoms with Gasteiger partial charge in [-0.15, -0.1) is 11.3 Å². The third-order valence-electron chi connectivity index (χ3n) is 3.43. The van der Waals surface area contributed by atoms with Crippen molar-refractivity contribution in [1.82, 2.24) is 20.5 Å². The molecule has 0 bridgehead atoms. The van der Waals surface area contributed by atoms with Crippen molar-refractivity contribution in [3.05, 3.63) is 15.6 Å². The normalized spacial score (nSPS) is 12.0. The van der Waals surface area contributed by atoms with Gasteiger partial charge in [-0.05, 0) is 40.3 Å². The molecule has 0 aliphatic rings. The van der Waals surface area contributed by atoms with Gasteiger partial charge in [0.15, 0.2) is 5.96 Å². The van der Waals surface area contributed by atoms with E-state index in [0.717, 1.165) is 49.4 Å².